The number of hydrogen-bond donors (Lipinski definition) is 0. The van der Waals surface area contributed by atoms with Crippen LogP contribution in [0.15, 0.2) is 65.7 Å². The van der Waals surface area contributed by atoms with E-state index in [4.69, 9.17) is 9.73 Å². The van der Waals surface area contributed by atoms with Gasteiger partial charge in [0.25, 0.3) is 0 Å². The Labute approximate surface area is 142 Å². The Morgan fingerprint density at radius 3 is 2.38 bits per heavy atom. The van der Waals surface area contributed by atoms with Crippen LogP contribution in [0.2, 0.25) is 0 Å². The minimum absolute atomic E-state index is 0.161. The van der Waals surface area contributed by atoms with Crippen molar-refractivity contribution in [3.63, 3.8) is 0 Å². The van der Waals surface area contributed by atoms with Gasteiger partial charge in [-0.25, -0.2) is 4.99 Å². The lowest BCUT2D eigenvalue weighted by atomic mass is 9.92. The number of ether oxygens (including phenoxy) is 1. The number of benzene rings is 3. The van der Waals surface area contributed by atoms with E-state index in [0.29, 0.717) is 6.61 Å². The molecule has 3 aromatic rings. The topological polar surface area (TPSA) is 21.6 Å². The summed E-state index contributed by atoms with van der Waals surface area (Å²) in [6.07, 6.45) is 0. The van der Waals surface area contributed by atoms with Gasteiger partial charge >= 0.3 is 0 Å². The molecule has 1 aliphatic heterocycles. The minimum atomic E-state index is -0.161. The van der Waals surface area contributed by atoms with Gasteiger partial charge in [0.1, 0.15) is 6.61 Å². The third-order valence-electron chi connectivity index (χ3n) is 4.47. The lowest BCUT2D eigenvalue weighted by molar-refractivity contribution is 0.279. The third kappa shape index (κ3) is 2.58. The molecule has 120 valence electrons. The van der Waals surface area contributed by atoms with Crippen molar-refractivity contribution in [2.75, 3.05) is 6.61 Å². The maximum atomic E-state index is 5.94. The van der Waals surface area contributed by atoms with Gasteiger partial charge in [0.05, 0.1) is 5.54 Å². The standard InChI is InChI=1S/C22H21NO/c1-15-8-10-17(11-9-15)20-18-7-5-4-6-16(18)12-13-19(20)21-23-22(2,3)14-24-21/h4-13H,14H2,1-3H3. The molecular weight excluding hydrogens is 294 g/mol. The summed E-state index contributed by atoms with van der Waals surface area (Å²) in [4.78, 5) is 4.80. The highest BCUT2D eigenvalue weighted by atomic mass is 16.5. The van der Waals surface area contributed by atoms with E-state index in [1.807, 2.05) is 0 Å². The van der Waals surface area contributed by atoms with Gasteiger partial charge < -0.3 is 4.74 Å². The number of fused-ring (bicyclic) bond motifs is 1. The van der Waals surface area contributed by atoms with E-state index in [-0.39, 0.29) is 5.54 Å². The first-order valence-corrected chi connectivity index (χ1v) is 8.35. The molecule has 0 N–H and O–H groups in total. The molecule has 1 heterocycles. The number of aliphatic imine (C=N–C) groups is 1. The fourth-order valence-corrected chi connectivity index (χ4v) is 3.20. The van der Waals surface area contributed by atoms with Crippen LogP contribution in [0.5, 0.6) is 0 Å². The molecule has 4 rings (SSSR count). The summed E-state index contributed by atoms with van der Waals surface area (Å²) in [6, 6.07) is 21.5. The van der Waals surface area contributed by atoms with Crippen LogP contribution in [0.3, 0.4) is 0 Å². The van der Waals surface area contributed by atoms with Crippen LogP contribution in [0.4, 0.5) is 0 Å². The molecule has 0 bridgehead atoms. The Morgan fingerprint density at radius 2 is 1.67 bits per heavy atom. The molecule has 0 amide bonds. The summed E-state index contributed by atoms with van der Waals surface area (Å²) in [5.41, 5.74) is 4.57. The van der Waals surface area contributed by atoms with Crippen molar-refractivity contribution in [2.45, 2.75) is 26.3 Å². The highest BCUT2D eigenvalue weighted by Crippen LogP contribution is 2.35. The normalized spacial score (nSPS) is 16.0. The van der Waals surface area contributed by atoms with Crippen LogP contribution in [0.1, 0.15) is 25.0 Å². The zero-order valence-corrected chi connectivity index (χ0v) is 14.3. The molecule has 3 aromatic carbocycles. The highest BCUT2D eigenvalue weighted by Gasteiger charge is 2.28. The first kappa shape index (κ1) is 14.9. The first-order chi connectivity index (χ1) is 11.5. The van der Waals surface area contributed by atoms with Crippen molar-refractivity contribution in [2.24, 2.45) is 4.99 Å². The Bertz CT molecular complexity index is 936. The highest BCUT2D eigenvalue weighted by molar-refractivity contribution is 6.10. The van der Waals surface area contributed by atoms with E-state index in [9.17, 15) is 0 Å². The van der Waals surface area contributed by atoms with Crippen LogP contribution >= 0.6 is 0 Å². The van der Waals surface area contributed by atoms with E-state index in [1.54, 1.807) is 0 Å². The van der Waals surface area contributed by atoms with Gasteiger partial charge in [-0.2, -0.15) is 0 Å². The van der Waals surface area contributed by atoms with E-state index in [0.717, 1.165) is 11.5 Å². The van der Waals surface area contributed by atoms with Crippen molar-refractivity contribution in [3.8, 4) is 11.1 Å². The number of hydrogen-bond acceptors (Lipinski definition) is 2. The lowest BCUT2D eigenvalue weighted by Crippen LogP contribution is -2.17. The van der Waals surface area contributed by atoms with Gasteiger partial charge in [0.2, 0.25) is 5.90 Å². The van der Waals surface area contributed by atoms with Crippen LogP contribution in [0, 0.1) is 6.92 Å². The molecule has 0 saturated heterocycles. The Morgan fingerprint density at radius 1 is 0.917 bits per heavy atom. The summed E-state index contributed by atoms with van der Waals surface area (Å²) in [5.74, 6) is 0.751. The molecule has 24 heavy (non-hydrogen) atoms. The van der Waals surface area contributed by atoms with Crippen molar-refractivity contribution in [3.05, 3.63) is 71.8 Å². The zero-order chi connectivity index (χ0) is 16.7. The summed E-state index contributed by atoms with van der Waals surface area (Å²) in [6.45, 7) is 6.95. The molecule has 2 heteroatoms. The fraction of sp³-hybridized carbons (Fsp3) is 0.227. The summed E-state index contributed by atoms with van der Waals surface area (Å²) in [5, 5.41) is 2.46. The summed E-state index contributed by atoms with van der Waals surface area (Å²) >= 11 is 0. The monoisotopic (exact) mass is 315 g/mol. The first-order valence-electron chi connectivity index (χ1n) is 8.35. The Hall–Kier alpha value is -2.61. The van der Waals surface area contributed by atoms with Crippen molar-refractivity contribution in [1.82, 2.24) is 0 Å². The molecule has 0 aromatic heterocycles. The van der Waals surface area contributed by atoms with Crippen molar-refractivity contribution in [1.29, 1.82) is 0 Å². The van der Waals surface area contributed by atoms with Crippen molar-refractivity contribution < 1.29 is 4.74 Å². The molecule has 0 aliphatic carbocycles. The zero-order valence-electron chi connectivity index (χ0n) is 14.3. The minimum Gasteiger partial charge on any atom is -0.475 e. The van der Waals surface area contributed by atoms with E-state index >= 15 is 0 Å². The Kier molecular flexibility index (Phi) is 3.42. The second-order valence-electron chi connectivity index (χ2n) is 7.09. The molecule has 2 nitrogen and oxygen atoms in total. The second kappa shape index (κ2) is 5.48. The molecule has 0 spiro atoms. The average Bonchev–Trinajstić information content (AvgIpc) is 2.94. The van der Waals surface area contributed by atoms with E-state index in [2.05, 4.69) is 81.4 Å². The quantitative estimate of drug-likeness (QED) is 0.623. The van der Waals surface area contributed by atoms with E-state index in [1.165, 1.54) is 27.5 Å². The average molecular weight is 315 g/mol. The molecule has 0 unspecified atom stereocenters. The van der Waals surface area contributed by atoms with Crippen LogP contribution in [0.25, 0.3) is 21.9 Å². The maximum absolute atomic E-state index is 5.94. The smallest absolute Gasteiger partial charge is 0.217 e. The van der Waals surface area contributed by atoms with Gasteiger partial charge in [-0.1, -0.05) is 60.2 Å². The van der Waals surface area contributed by atoms with Crippen LogP contribution < -0.4 is 0 Å². The number of rotatable bonds is 2. The third-order valence-corrected chi connectivity index (χ3v) is 4.47. The SMILES string of the molecule is Cc1ccc(-c2c(C3=NC(C)(C)CO3)ccc3ccccc23)cc1. The van der Waals surface area contributed by atoms with Gasteiger partial charge in [-0.15, -0.1) is 0 Å². The predicted octanol–water partition coefficient (Wildman–Crippen LogP) is 5.37. The summed E-state index contributed by atoms with van der Waals surface area (Å²) < 4.78 is 5.94. The van der Waals surface area contributed by atoms with Gasteiger partial charge in [-0.05, 0) is 43.2 Å². The lowest BCUT2D eigenvalue weighted by Gasteiger charge is -2.13. The van der Waals surface area contributed by atoms with Gasteiger partial charge in [-0.3, -0.25) is 0 Å². The Balaban J connectivity index is 2.00. The fourth-order valence-electron chi connectivity index (χ4n) is 3.20. The molecular formula is C22H21NO. The number of aryl methyl sites for hydroxylation is 1. The molecule has 0 radical (unpaired) electrons. The molecule has 0 fully saturated rings. The second-order valence-corrected chi connectivity index (χ2v) is 7.09. The van der Waals surface area contributed by atoms with Crippen LogP contribution in [-0.2, 0) is 4.74 Å². The van der Waals surface area contributed by atoms with Crippen molar-refractivity contribution >= 4 is 16.7 Å². The predicted molar refractivity (Wildman–Crippen MR) is 101 cm³/mol. The summed E-state index contributed by atoms with van der Waals surface area (Å²) in [7, 11) is 0. The maximum Gasteiger partial charge on any atom is 0.217 e. The van der Waals surface area contributed by atoms with Gasteiger partial charge in [0.15, 0.2) is 0 Å². The molecule has 0 saturated carbocycles. The van der Waals surface area contributed by atoms with E-state index < -0.39 is 0 Å². The largest absolute Gasteiger partial charge is 0.475 e. The molecule has 1 aliphatic rings. The van der Waals surface area contributed by atoms with Gasteiger partial charge in [0, 0.05) is 11.1 Å². The number of nitrogens with zero attached hydrogens (tertiary/aromatic N) is 1. The molecule has 0 atom stereocenters. The van der Waals surface area contributed by atoms with Crippen LogP contribution in [-0.4, -0.2) is 18.0 Å².